The standard InChI is InChI=1S/C9H10FNOS/c1-6(2)13-8-4-3-7(5-12)9(10)11-8/h3-6H,1-2H3. The zero-order valence-electron chi connectivity index (χ0n) is 7.45. The predicted octanol–water partition coefficient (Wildman–Crippen LogP) is 2.53. The molecule has 0 unspecified atom stereocenters. The van der Waals surface area contributed by atoms with Crippen LogP contribution in [0.5, 0.6) is 0 Å². The Hall–Kier alpha value is -0.900. The van der Waals surface area contributed by atoms with Crippen molar-refractivity contribution >= 4 is 18.0 Å². The number of rotatable bonds is 3. The molecule has 0 fully saturated rings. The number of carbonyl (C=O) groups is 1. The lowest BCUT2D eigenvalue weighted by Gasteiger charge is -2.03. The second-order valence-corrected chi connectivity index (χ2v) is 4.41. The third kappa shape index (κ3) is 2.81. The normalized spacial score (nSPS) is 10.5. The van der Waals surface area contributed by atoms with Crippen LogP contribution >= 0.6 is 11.8 Å². The number of carbonyl (C=O) groups excluding carboxylic acids is 1. The molecular formula is C9H10FNOS. The van der Waals surface area contributed by atoms with Gasteiger partial charge in [0.2, 0.25) is 5.95 Å². The number of halogens is 1. The largest absolute Gasteiger partial charge is 0.298 e. The number of aromatic nitrogens is 1. The molecule has 0 aliphatic heterocycles. The van der Waals surface area contributed by atoms with Crippen LogP contribution in [0.1, 0.15) is 24.2 Å². The second kappa shape index (κ2) is 4.37. The van der Waals surface area contributed by atoms with E-state index in [0.717, 1.165) is 0 Å². The van der Waals surface area contributed by atoms with Gasteiger partial charge in [-0.15, -0.1) is 11.8 Å². The number of nitrogens with zero attached hydrogens (tertiary/aromatic N) is 1. The van der Waals surface area contributed by atoms with E-state index >= 15 is 0 Å². The van der Waals surface area contributed by atoms with Crippen molar-refractivity contribution in [2.45, 2.75) is 24.1 Å². The summed E-state index contributed by atoms with van der Waals surface area (Å²) in [6, 6.07) is 3.09. The molecule has 0 atom stereocenters. The molecule has 0 aliphatic carbocycles. The first-order valence-corrected chi connectivity index (χ1v) is 4.80. The zero-order chi connectivity index (χ0) is 9.84. The molecule has 1 heterocycles. The summed E-state index contributed by atoms with van der Waals surface area (Å²) in [6.45, 7) is 4.00. The van der Waals surface area contributed by atoms with Crippen LogP contribution in [0.15, 0.2) is 17.2 Å². The average Bonchev–Trinajstić information content (AvgIpc) is 2.03. The van der Waals surface area contributed by atoms with Gasteiger partial charge in [-0.05, 0) is 12.1 Å². The van der Waals surface area contributed by atoms with Crippen LogP contribution < -0.4 is 0 Å². The van der Waals surface area contributed by atoms with Crippen LogP contribution in [0.25, 0.3) is 0 Å². The fraction of sp³-hybridized carbons (Fsp3) is 0.333. The lowest BCUT2D eigenvalue weighted by atomic mass is 10.3. The minimum Gasteiger partial charge on any atom is -0.298 e. The molecule has 0 radical (unpaired) electrons. The van der Waals surface area contributed by atoms with Crippen LogP contribution in [0.3, 0.4) is 0 Å². The van der Waals surface area contributed by atoms with Gasteiger partial charge in [0.15, 0.2) is 6.29 Å². The molecule has 4 heteroatoms. The summed E-state index contributed by atoms with van der Waals surface area (Å²) in [5.74, 6) is -0.694. The molecule has 0 bridgehead atoms. The number of aldehydes is 1. The van der Waals surface area contributed by atoms with E-state index in [1.165, 1.54) is 17.8 Å². The second-order valence-electron chi connectivity index (χ2n) is 2.81. The first kappa shape index (κ1) is 10.2. The molecular weight excluding hydrogens is 189 g/mol. The Morgan fingerprint density at radius 2 is 2.23 bits per heavy atom. The van der Waals surface area contributed by atoms with Gasteiger partial charge < -0.3 is 0 Å². The summed E-state index contributed by atoms with van der Waals surface area (Å²) in [5, 5.41) is 0.965. The lowest BCUT2D eigenvalue weighted by molar-refractivity contribution is 0.111. The van der Waals surface area contributed by atoms with Gasteiger partial charge in [-0.1, -0.05) is 13.8 Å². The van der Waals surface area contributed by atoms with Gasteiger partial charge in [0.1, 0.15) is 0 Å². The third-order valence-electron chi connectivity index (χ3n) is 1.34. The summed E-state index contributed by atoms with van der Waals surface area (Å²) in [4.78, 5) is 13.9. The van der Waals surface area contributed by atoms with Gasteiger partial charge >= 0.3 is 0 Å². The number of hydrogen-bond donors (Lipinski definition) is 0. The maximum Gasteiger partial charge on any atom is 0.224 e. The maximum absolute atomic E-state index is 12.9. The predicted molar refractivity (Wildman–Crippen MR) is 50.6 cm³/mol. The van der Waals surface area contributed by atoms with Gasteiger partial charge in [-0.3, -0.25) is 4.79 Å². The van der Waals surface area contributed by atoms with Crippen molar-refractivity contribution < 1.29 is 9.18 Å². The molecule has 13 heavy (non-hydrogen) atoms. The van der Waals surface area contributed by atoms with Crippen molar-refractivity contribution in [3.05, 3.63) is 23.6 Å². The van der Waals surface area contributed by atoms with E-state index in [4.69, 9.17) is 0 Å². The zero-order valence-corrected chi connectivity index (χ0v) is 8.27. The fourth-order valence-corrected chi connectivity index (χ4v) is 1.59. The topological polar surface area (TPSA) is 30.0 Å². The molecule has 0 saturated carbocycles. The van der Waals surface area contributed by atoms with Crippen molar-refractivity contribution in [2.75, 3.05) is 0 Å². The monoisotopic (exact) mass is 199 g/mol. The molecule has 0 aromatic carbocycles. The van der Waals surface area contributed by atoms with E-state index in [2.05, 4.69) is 4.98 Å². The van der Waals surface area contributed by atoms with Gasteiger partial charge in [-0.2, -0.15) is 4.39 Å². The van der Waals surface area contributed by atoms with Gasteiger partial charge in [0.25, 0.3) is 0 Å². The number of hydrogen-bond acceptors (Lipinski definition) is 3. The summed E-state index contributed by atoms with van der Waals surface area (Å²) >= 11 is 1.46. The molecule has 2 nitrogen and oxygen atoms in total. The van der Waals surface area contributed by atoms with Crippen LogP contribution in [0.2, 0.25) is 0 Å². The quantitative estimate of drug-likeness (QED) is 0.425. The van der Waals surface area contributed by atoms with E-state index < -0.39 is 5.95 Å². The highest BCUT2D eigenvalue weighted by atomic mass is 32.2. The first-order chi connectivity index (χ1) is 6.13. The molecule has 0 spiro atoms. The van der Waals surface area contributed by atoms with E-state index in [0.29, 0.717) is 16.6 Å². The van der Waals surface area contributed by atoms with Crippen LogP contribution in [-0.2, 0) is 0 Å². The van der Waals surface area contributed by atoms with Crippen molar-refractivity contribution in [1.29, 1.82) is 0 Å². The molecule has 1 aromatic rings. The summed E-state index contributed by atoms with van der Waals surface area (Å²) in [5.41, 5.74) is 0.00751. The van der Waals surface area contributed by atoms with Crippen LogP contribution in [-0.4, -0.2) is 16.5 Å². The van der Waals surface area contributed by atoms with Gasteiger partial charge in [-0.25, -0.2) is 4.98 Å². The lowest BCUT2D eigenvalue weighted by Crippen LogP contribution is -1.95. The van der Waals surface area contributed by atoms with E-state index in [-0.39, 0.29) is 5.56 Å². The van der Waals surface area contributed by atoms with E-state index in [9.17, 15) is 9.18 Å². The Morgan fingerprint density at radius 3 is 2.69 bits per heavy atom. The van der Waals surface area contributed by atoms with Gasteiger partial charge in [0, 0.05) is 5.25 Å². The Balaban J connectivity index is 2.89. The molecule has 70 valence electrons. The molecule has 1 rings (SSSR count). The highest BCUT2D eigenvalue weighted by Gasteiger charge is 2.05. The Bertz CT molecular complexity index is 314. The van der Waals surface area contributed by atoms with Crippen molar-refractivity contribution in [2.24, 2.45) is 0 Å². The highest BCUT2D eigenvalue weighted by molar-refractivity contribution is 7.99. The van der Waals surface area contributed by atoms with Crippen molar-refractivity contribution in [3.8, 4) is 0 Å². The Morgan fingerprint density at radius 1 is 1.54 bits per heavy atom. The molecule has 0 aliphatic rings. The first-order valence-electron chi connectivity index (χ1n) is 3.92. The molecule has 1 aromatic heterocycles. The highest BCUT2D eigenvalue weighted by Crippen LogP contribution is 2.21. The molecule has 0 N–H and O–H groups in total. The maximum atomic E-state index is 12.9. The average molecular weight is 199 g/mol. The number of pyridine rings is 1. The molecule has 0 amide bonds. The van der Waals surface area contributed by atoms with Crippen molar-refractivity contribution in [3.63, 3.8) is 0 Å². The Labute approximate surface area is 80.6 Å². The SMILES string of the molecule is CC(C)Sc1ccc(C=O)c(F)n1. The van der Waals surface area contributed by atoms with E-state index in [1.807, 2.05) is 13.8 Å². The summed E-state index contributed by atoms with van der Waals surface area (Å²) < 4.78 is 12.9. The van der Waals surface area contributed by atoms with Crippen LogP contribution in [0.4, 0.5) is 4.39 Å². The van der Waals surface area contributed by atoms with Crippen molar-refractivity contribution in [1.82, 2.24) is 4.98 Å². The number of thioether (sulfide) groups is 1. The fourth-order valence-electron chi connectivity index (χ4n) is 0.823. The van der Waals surface area contributed by atoms with Gasteiger partial charge in [0.05, 0.1) is 10.6 Å². The minimum absolute atomic E-state index is 0.00751. The summed E-state index contributed by atoms with van der Waals surface area (Å²) in [6.07, 6.45) is 0.464. The molecule has 0 saturated heterocycles. The smallest absolute Gasteiger partial charge is 0.224 e. The summed E-state index contributed by atoms with van der Waals surface area (Å²) in [7, 11) is 0. The third-order valence-corrected chi connectivity index (χ3v) is 2.28. The van der Waals surface area contributed by atoms with Crippen LogP contribution in [0, 0.1) is 5.95 Å². The minimum atomic E-state index is -0.694. The Kier molecular flexibility index (Phi) is 3.42. The van der Waals surface area contributed by atoms with E-state index in [1.54, 1.807) is 6.07 Å².